The molecule has 0 atom stereocenters. The maximum atomic E-state index is 12.8. The van der Waals surface area contributed by atoms with Gasteiger partial charge in [-0.05, 0) is 49.4 Å². The van der Waals surface area contributed by atoms with Crippen LogP contribution in [-0.2, 0) is 4.79 Å². The molecule has 4 amide bonds. The van der Waals surface area contributed by atoms with Crippen molar-refractivity contribution in [2.24, 2.45) is 5.92 Å². The molecule has 168 valence electrons. The second-order valence-corrected chi connectivity index (χ2v) is 9.17. The molecule has 7 heteroatoms. The molecule has 0 aromatic heterocycles. The first-order valence-electron chi connectivity index (χ1n) is 11.8. The summed E-state index contributed by atoms with van der Waals surface area (Å²) in [5.41, 5.74) is 1.27. The van der Waals surface area contributed by atoms with E-state index in [1.165, 1.54) is 32.1 Å². The average molecular weight is 427 g/mol. The monoisotopic (exact) mass is 426 g/mol. The maximum Gasteiger partial charge on any atom is 0.319 e. The number of hydrogen-bond donors (Lipinski definition) is 2. The van der Waals surface area contributed by atoms with E-state index in [4.69, 9.17) is 0 Å². The molecule has 3 fully saturated rings. The lowest BCUT2D eigenvalue weighted by molar-refractivity contribution is -0.133. The van der Waals surface area contributed by atoms with Crippen LogP contribution in [0.2, 0.25) is 0 Å². The Bertz CT molecular complexity index is 777. The van der Waals surface area contributed by atoms with Crippen LogP contribution in [0.1, 0.15) is 68.1 Å². The third-order valence-corrected chi connectivity index (χ3v) is 6.71. The fourth-order valence-electron chi connectivity index (χ4n) is 4.58. The topological polar surface area (TPSA) is 81.8 Å². The molecule has 1 aromatic rings. The van der Waals surface area contributed by atoms with Crippen LogP contribution in [0.5, 0.6) is 0 Å². The minimum Gasteiger partial charge on any atom is -0.339 e. The molecule has 2 aliphatic carbocycles. The molecule has 2 saturated carbocycles. The second kappa shape index (κ2) is 10.2. The normalized spacial score (nSPS) is 19.7. The number of carbonyl (C=O) groups is 3. The predicted octanol–water partition coefficient (Wildman–Crippen LogP) is 3.62. The Labute approximate surface area is 184 Å². The zero-order valence-corrected chi connectivity index (χ0v) is 18.3. The molecule has 1 aromatic carbocycles. The molecule has 0 bridgehead atoms. The number of urea groups is 1. The number of hydrogen-bond acceptors (Lipinski definition) is 3. The lowest BCUT2D eigenvalue weighted by Crippen LogP contribution is -2.50. The summed E-state index contributed by atoms with van der Waals surface area (Å²) in [5.74, 6) is 0.929. The van der Waals surface area contributed by atoms with Crippen molar-refractivity contribution in [3.8, 4) is 0 Å². The number of nitrogens with one attached hydrogen (secondary N) is 2. The van der Waals surface area contributed by atoms with Crippen molar-refractivity contribution in [3.63, 3.8) is 0 Å². The summed E-state index contributed by atoms with van der Waals surface area (Å²) in [6.45, 7) is 2.35. The molecule has 3 aliphatic rings. The molecule has 2 N–H and O–H groups in total. The summed E-state index contributed by atoms with van der Waals surface area (Å²) in [5, 5.41) is 5.67. The Morgan fingerprint density at radius 2 is 1.48 bits per heavy atom. The highest BCUT2D eigenvalue weighted by molar-refractivity contribution is 5.95. The molecule has 1 heterocycles. The third kappa shape index (κ3) is 6.21. The largest absolute Gasteiger partial charge is 0.339 e. The van der Waals surface area contributed by atoms with Gasteiger partial charge < -0.3 is 20.4 Å². The van der Waals surface area contributed by atoms with Gasteiger partial charge >= 0.3 is 6.03 Å². The van der Waals surface area contributed by atoms with Gasteiger partial charge in [0.25, 0.3) is 5.91 Å². The summed E-state index contributed by atoms with van der Waals surface area (Å²) >= 11 is 0. The minimum absolute atomic E-state index is 0.0247. The van der Waals surface area contributed by atoms with Crippen LogP contribution in [0, 0.1) is 5.92 Å². The molecule has 7 nitrogen and oxygen atoms in total. The molecular formula is C24H34N4O3. The van der Waals surface area contributed by atoms with E-state index in [-0.39, 0.29) is 17.8 Å². The number of amides is 4. The van der Waals surface area contributed by atoms with Crippen molar-refractivity contribution in [1.82, 2.24) is 15.1 Å². The summed E-state index contributed by atoms with van der Waals surface area (Å²) in [6, 6.07) is 7.10. The zero-order valence-electron chi connectivity index (χ0n) is 18.3. The molecule has 4 rings (SSSR count). The Balaban J connectivity index is 1.20. The van der Waals surface area contributed by atoms with Crippen molar-refractivity contribution in [3.05, 3.63) is 29.8 Å². The van der Waals surface area contributed by atoms with Gasteiger partial charge in [-0.25, -0.2) is 4.79 Å². The SMILES string of the molecule is O=C(Nc1ccc(C(=O)N2CCN(C(=O)CCC3CCCCC3)CC2)cc1)NC1CC1. The van der Waals surface area contributed by atoms with E-state index in [0.717, 1.165) is 25.2 Å². The van der Waals surface area contributed by atoms with Crippen molar-refractivity contribution >= 4 is 23.5 Å². The van der Waals surface area contributed by atoms with Gasteiger partial charge in [-0.3, -0.25) is 9.59 Å². The predicted molar refractivity (Wildman–Crippen MR) is 120 cm³/mol. The Kier molecular flexibility index (Phi) is 7.10. The standard InChI is InChI=1S/C24H34N4O3/c29-22(13-6-18-4-2-1-3-5-18)27-14-16-28(17-15-27)23(30)19-7-9-20(10-8-19)25-24(31)26-21-11-12-21/h7-10,18,21H,1-6,11-17H2,(H2,25,26,31). The molecule has 0 spiro atoms. The average Bonchev–Trinajstić information content (AvgIpc) is 3.62. The van der Waals surface area contributed by atoms with Gasteiger partial charge in [-0.1, -0.05) is 32.1 Å². The summed E-state index contributed by atoms with van der Waals surface area (Å²) in [4.78, 5) is 40.9. The fraction of sp³-hybridized carbons (Fsp3) is 0.625. The molecule has 1 aliphatic heterocycles. The number of anilines is 1. The van der Waals surface area contributed by atoms with Crippen molar-refractivity contribution in [2.45, 2.75) is 63.8 Å². The van der Waals surface area contributed by atoms with Crippen LogP contribution in [-0.4, -0.2) is 59.9 Å². The quantitative estimate of drug-likeness (QED) is 0.729. The first-order valence-corrected chi connectivity index (χ1v) is 11.8. The highest BCUT2D eigenvalue weighted by Gasteiger charge is 2.26. The molecule has 0 unspecified atom stereocenters. The Morgan fingerprint density at radius 3 is 2.13 bits per heavy atom. The first-order chi connectivity index (χ1) is 15.1. The van der Waals surface area contributed by atoms with E-state index in [1.807, 2.05) is 9.80 Å². The number of carbonyl (C=O) groups excluding carboxylic acids is 3. The third-order valence-electron chi connectivity index (χ3n) is 6.71. The van der Waals surface area contributed by atoms with E-state index < -0.39 is 0 Å². The zero-order chi connectivity index (χ0) is 21.6. The van der Waals surface area contributed by atoms with Gasteiger partial charge in [0.2, 0.25) is 5.91 Å². The molecule has 1 saturated heterocycles. The smallest absolute Gasteiger partial charge is 0.319 e. The number of piperazine rings is 1. The second-order valence-electron chi connectivity index (χ2n) is 9.17. The first kappa shape index (κ1) is 21.7. The van der Waals surface area contributed by atoms with Crippen LogP contribution < -0.4 is 10.6 Å². The number of rotatable bonds is 6. The van der Waals surface area contributed by atoms with Crippen LogP contribution in [0.3, 0.4) is 0 Å². The van der Waals surface area contributed by atoms with Gasteiger partial charge in [0.05, 0.1) is 0 Å². The van der Waals surface area contributed by atoms with E-state index in [2.05, 4.69) is 10.6 Å². The lowest BCUT2D eigenvalue weighted by atomic mass is 9.86. The summed E-state index contributed by atoms with van der Waals surface area (Å²) < 4.78 is 0. The van der Waals surface area contributed by atoms with Gasteiger partial charge in [-0.15, -0.1) is 0 Å². The molecular weight excluding hydrogens is 392 g/mol. The molecule has 0 radical (unpaired) electrons. The van der Waals surface area contributed by atoms with Crippen molar-refractivity contribution in [2.75, 3.05) is 31.5 Å². The summed E-state index contributed by atoms with van der Waals surface area (Å²) in [6.07, 6.45) is 10.2. The number of benzene rings is 1. The van der Waals surface area contributed by atoms with Gasteiger partial charge in [-0.2, -0.15) is 0 Å². The van der Waals surface area contributed by atoms with Crippen molar-refractivity contribution in [1.29, 1.82) is 0 Å². The van der Waals surface area contributed by atoms with Crippen LogP contribution in [0.25, 0.3) is 0 Å². The Morgan fingerprint density at radius 1 is 0.839 bits per heavy atom. The summed E-state index contributed by atoms with van der Waals surface area (Å²) in [7, 11) is 0. The maximum absolute atomic E-state index is 12.8. The van der Waals surface area contributed by atoms with Gasteiger partial charge in [0, 0.05) is 49.9 Å². The minimum atomic E-state index is -0.203. The highest BCUT2D eigenvalue weighted by atomic mass is 16.2. The highest BCUT2D eigenvalue weighted by Crippen LogP contribution is 2.27. The van der Waals surface area contributed by atoms with E-state index >= 15 is 0 Å². The van der Waals surface area contributed by atoms with Crippen LogP contribution in [0.15, 0.2) is 24.3 Å². The number of nitrogens with zero attached hydrogens (tertiary/aromatic N) is 2. The van der Waals surface area contributed by atoms with E-state index in [1.54, 1.807) is 24.3 Å². The van der Waals surface area contributed by atoms with Crippen LogP contribution in [0.4, 0.5) is 10.5 Å². The van der Waals surface area contributed by atoms with Gasteiger partial charge in [0.15, 0.2) is 0 Å². The Hall–Kier alpha value is -2.57. The van der Waals surface area contributed by atoms with Crippen molar-refractivity contribution < 1.29 is 14.4 Å². The van der Waals surface area contributed by atoms with Crippen LogP contribution >= 0.6 is 0 Å². The van der Waals surface area contributed by atoms with Gasteiger partial charge in [0.1, 0.15) is 0 Å². The van der Waals surface area contributed by atoms with E-state index in [9.17, 15) is 14.4 Å². The lowest BCUT2D eigenvalue weighted by Gasteiger charge is -2.35. The molecule has 31 heavy (non-hydrogen) atoms. The fourth-order valence-corrected chi connectivity index (χ4v) is 4.58. The van der Waals surface area contributed by atoms with E-state index in [0.29, 0.717) is 49.9 Å².